The van der Waals surface area contributed by atoms with E-state index in [1.165, 1.54) is 12.1 Å². The van der Waals surface area contributed by atoms with Gasteiger partial charge in [0.05, 0.1) is 22.7 Å². The first-order valence-electron chi connectivity index (χ1n) is 12.5. The zero-order valence-corrected chi connectivity index (χ0v) is 25.8. The Labute approximate surface area is 245 Å². The SMILES string of the molecule is CCOc1cc(Cl)c(S(=O)(=O)NC(C)(C)C)cc1C1=N[C@@](C)(c2ccc(Cl)cc2)[C@@](C)(c2ccc(Cl)cc2)N1. The maximum atomic E-state index is 13.3. The fourth-order valence-corrected chi connectivity index (χ4v) is 6.99. The second-order valence-corrected chi connectivity index (χ2v) is 13.8. The molecule has 0 unspecified atom stereocenters. The molecule has 1 aliphatic rings. The molecule has 6 nitrogen and oxygen atoms in total. The summed E-state index contributed by atoms with van der Waals surface area (Å²) in [5, 5.41) is 4.89. The summed E-state index contributed by atoms with van der Waals surface area (Å²) in [7, 11) is -3.95. The van der Waals surface area contributed by atoms with Crippen LogP contribution in [0, 0.1) is 0 Å². The number of rotatable bonds is 7. The lowest BCUT2D eigenvalue weighted by molar-refractivity contribution is 0.268. The topological polar surface area (TPSA) is 79.8 Å². The number of amidine groups is 1. The van der Waals surface area contributed by atoms with Crippen molar-refractivity contribution in [2.24, 2.45) is 4.99 Å². The third-order valence-electron chi connectivity index (χ3n) is 6.82. The van der Waals surface area contributed by atoms with Gasteiger partial charge in [0, 0.05) is 21.7 Å². The number of nitrogens with one attached hydrogen (secondary N) is 2. The first-order chi connectivity index (χ1) is 18.1. The van der Waals surface area contributed by atoms with Crippen molar-refractivity contribution in [3.8, 4) is 5.75 Å². The van der Waals surface area contributed by atoms with Crippen LogP contribution in [0.15, 0.2) is 70.6 Å². The first-order valence-corrected chi connectivity index (χ1v) is 15.1. The smallest absolute Gasteiger partial charge is 0.242 e. The highest BCUT2D eigenvalue weighted by molar-refractivity contribution is 7.89. The van der Waals surface area contributed by atoms with Crippen molar-refractivity contribution in [3.63, 3.8) is 0 Å². The Morgan fingerprint density at radius 2 is 1.46 bits per heavy atom. The number of benzene rings is 3. The number of sulfonamides is 1. The molecule has 0 saturated heterocycles. The van der Waals surface area contributed by atoms with Crippen LogP contribution in [0.25, 0.3) is 0 Å². The summed E-state index contributed by atoms with van der Waals surface area (Å²) in [5.74, 6) is 0.888. The van der Waals surface area contributed by atoms with Gasteiger partial charge in [0.2, 0.25) is 10.0 Å². The molecular weight excluding hydrogens is 577 g/mol. The summed E-state index contributed by atoms with van der Waals surface area (Å²) < 4.78 is 35.3. The lowest BCUT2D eigenvalue weighted by Crippen LogP contribution is -2.50. The van der Waals surface area contributed by atoms with Crippen molar-refractivity contribution in [1.29, 1.82) is 0 Å². The van der Waals surface area contributed by atoms with Crippen LogP contribution in [0.4, 0.5) is 0 Å². The van der Waals surface area contributed by atoms with Gasteiger partial charge in [0.1, 0.15) is 22.0 Å². The molecule has 1 heterocycles. The average Bonchev–Trinajstić information content (AvgIpc) is 3.10. The lowest BCUT2D eigenvalue weighted by atomic mass is 9.72. The zero-order chi connectivity index (χ0) is 28.8. The summed E-state index contributed by atoms with van der Waals surface area (Å²) in [6, 6.07) is 18.2. The molecule has 39 heavy (non-hydrogen) atoms. The van der Waals surface area contributed by atoms with Crippen LogP contribution in [-0.4, -0.2) is 26.4 Å². The second-order valence-electron chi connectivity index (χ2n) is 10.9. The maximum Gasteiger partial charge on any atom is 0.242 e. The van der Waals surface area contributed by atoms with E-state index < -0.39 is 26.6 Å². The van der Waals surface area contributed by atoms with Crippen molar-refractivity contribution in [2.75, 3.05) is 6.61 Å². The molecule has 0 aromatic heterocycles. The molecule has 2 N–H and O–H groups in total. The monoisotopic (exact) mass is 607 g/mol. The molecule has 2 atom stereocenters. The number of hydrogen-bond donors (Lipinski definition) is 2. The van der Waals surface area contributed by atoms with Crippen molar-refractivity contribution in [3.05, 3.63) is 92.4 Å². The van der Waals surface area contributed by atoms with Gasteiger partial charge in [-0.3, -0.25) is 4.99 Å². The Kier molecular flexibility index (Phi) is 8.07. The van der Waals surface area contributed by atoms with Gasteiger partial charge in [0.25, 0.3) is 0 Å². The van der Waals surface area contributed by atoms with E-state index in [2.05, 4.69) is 17.0 Å². The van der Waals surface area contributed by atoms with Crippen molar-refractivity contribution in [1.82, 2.24) is 10.0 Å². The van der Waals surface area contributed by atoms with Crippen molar-refractivity contribution in [2.45, 2.75) is 63.1 Å². The molecule has 10 heteroatoms. The second kappa shape index (κ2) is 10.6. The van der Waals surface area contributed by atoms with E-state index in [1.54, 1.807) is 20.8 Å². The molecule has 3 aromatic carbocycles. The summed E-state index contributed by atoms with van der Waals surface area (Å²) >= 11 is 18.9. The molecule has 0 fully saturated rings. The minimum absolute atomic E-state index is 0.0541. The van der Waals surface area contributed by atoms with Crippen LogP contribution in [0.1, 0.15) is 58.2 Å². The fraction of sp³-hybridized carbons (Fsp3) is 0.345. The normalized spacial score (nSPS) is 21.4. The summed E-state index contributed by atoms with van der Waals surface area (Å²) in [4.78, 5) is 5.14. The van der Waals surface area contributed by atoms with Gasteiger partial charge in [-0.15, -0.1) is 0 Å². The fourth-order valence-electron chi connectivity index (χ4n) is 4.77. The Hall–Kier alpha value is -2.29. The molecule has 4 rings (SSSR count). The zero-order valence-electron chi connectivity index (χ0n) is 22.7. The molecule has 0 saturated carbocycles. The molecule has 0 aliphatic carbocycles. The molecule has 0 bridgehead atoms. The maximum absolute atomic E-state index is 13.3. The van der Waals surface area contributed by atoms with Crippen LogP contribution in [0.5, 0.6) is 5.75 Å². The van der Waals surface area contributed by atoms with E-state index >= 15 is 0 Å². The van der Waals surface area contributed by atoms with Crippen molar-refractivity contribution >= 4 is 50.7 Å². The predicted octanol–water partition coefficient (Wildman–Crippen LogP) is 7.30. The predicted molar refractivity (Wildman–Crippen MR) is 160 cm³/mol. The Morgan fingerprint density at radius 3 is 1.97 bits per heavy atom. The van der Waals surface area contributed by atoms with Gasteiger partial charge in [0.15, 0.2) is 0 Å². The largest absolute Gasteiger partial charge is 0.493 e. The highest BCUT2D eigenvalue weighted by Gasteiger charge is 2.52. The van der Waals surface area contributed by atoms with E-state index in [0.717, 1.165) is 11.1 Å². The minimum atomic E-state index is -3.95. The molecule has 1 aliphatic heterocycles. The molecule has 3 aromatic rings. The summed E-state index contributed by atoms with van der Waals surface area (Å²) in [5.41, 5.74) is 0.0513. The first kappa shape index (κ1) is 29.7. The van der Waals surface area contributed by atoms with Crippen molar-refractivity contribution < 1.29 is 13.2 Å². The number of hydrogen-bond acceptors (Lipinski definition) is 5. The van der Waals surface area contributed by atoms with Gasteiger partial charge in [-0.25, -0.2) is 13.1 Å². The van der Waals surface area contributed by atoms with Crippen LogP contribution >= 0.6 is 34.8 Å². The van der Waals surface area contributed by atoms with Crippen LogP contribution in [0.3, 0.4) is 0 Å². The molecule has 0 spiro atoms. The molecule has 0 amide bonds. The van der Waals surface area contributed by atoms with Crippen LogP contribution in [-0.2, 0) is 21.1 Å². The lowest BCUT2D eigenvalue weighted by Gasteiger charge is -2.40. The van der Waals surface area contributed by atoms with E-state index in [9.17, 15) is 8.42 Å². The number of nitrogens with zero attached hydrogens (tertiary/aromatic N) is 1. The Balaban J connectivity index is 1.95. The third kappa shape index (κ3) is 5.79. The molecular formula is C29H32Cl3N3O3S. The Morgan fingerprint density at radius 1 is 0.923 bits per heavy atom. The number of halogens is 3. The van der Waals surface area contributed by atoms with E-state index in [4.69, 9.17) is 44.5 Å². The van der Waals surface area contributed by atoms with Gasteiger partial charge >= 0.3 is 0 Å². The standard InChI is InChI=1S/C29H32Cl3N3O3S/c1-7-38-24-17-23(32)25(39(36,37)35-27(2,3)4)16-22(24)26-33-28(5,18-8-12-20(30)13-9-18)29(6,34-26)19-10-14-21(31)15-11-19/h8-17,35H,7H2,1-6H3,(H,33,34)/t28-,29+. The third-order valence-corrected chi connectivity index (χ3v) is 9.55. The molecule has 0 radical (unpaired) electrons. The minimum Gasteiger partial charge on any atom is -0.493 e. The van der Waals surface area contributed by atoms with Crippen LogP contribution in [0.2, 0.25) is 15.1 Å². The van der Waals surface area contributed by atoms with Gasteiger partial charge in [-0.05, 0) is 83.0 Å². The van der Waals surface area contributed by atoms with Gasteiger partial charge in [-0.1, -0.05) is 59.1 Å². The van der Waals surface area contributed by atoms with Crippen LogP contribution < -0.4 is 14.8 Å². The highest BCUT2D eigenvalue weighted by Crippen LogP contribution is 2.48. The quantitative estimate of drug-likeness (QED) is 0.295. The number of ether oxygens (including phenoxy) is 1. The van der Waals surface area contributed by atoms with Gasteiger partial charge in [-0.2, -0.15) is 0 Å². The average molecular weight is 609 g/mol. The van der Waals surface area contributed by atoms with Gasteiger partial charge < -0.3 is 10.1 Å². The molecule has 208 valence electrons. The Bertz CT molecular complexity index is 1520. The number of aliphatic imine (C=N–C) groups is 1. The summed E-state index contributed by atoms with van der Waals surface area (Å²) in [6.45, 7) is 11.6. The van der Waals surface area contributed by atoms with E-state index in [0.29, 0.717) is 33.8 Å². The van der Waals surface area contributed by atoms with E-state index in [1.807, 2.05) is 62.4 Å². The highest BCUT2D eigenvalue weighted by atomic mass is 35.5. The summed E-state index contributed by atoms with van der Waals surface area (Å²) in [6.07, 6.45) is 0. The van der Waals surface area contributed by atoms with E-state index in [-0.39, 0.29) is 9.92 Å².